The lowest BCUT2D eigenvalue weighted by molar-refractivity contribution is -0.132. The number of pyridine rings is 1. The van der Waals surface area contributed by atoms with Gasteiger partial charge in [0, 0.05) is 55.2 Å². The van der Waals surface area contributed by atoms with E-state index in [4.69, 9.17) is 4.52 Å². The van der Waals surface area contributed by atoms with Crippen LogP contribution in [0.15, 0.2) is 47.2 Å². The van der Waals surface area contributed by atoms with E-state index in [1.165, 1.54) is 16.3 Å². The van der Waals surface area contributed by atoms with Crippen LogP contribution in [0.1, 0.15) is 42.2 Å². The van der Waals surface area contributed by atoms with Gasteiger partial charge in [-0.1, -0.05) is 23.4 Å². The molecule has 0 saturated carbocycles. The second kappa shape index (κ2) is 7.28. The topological polar surface area (TPSA) is 59.2 Å². The first-order valence-electron chi connectivity index (χ1n) is 9.23. The monoisotopic (exact) mass is 349 g/mol. The van der Waals surface area contributed by atoms with Crippen LogP contribution >= 0.6 is 0 Å². The number of carbonyl (C=O) groups excluding carboxylic acids is 1. The predicted molar refractivity (Wildman–Crippen MR) is 99.9 cm³/mol. The average Bonchev–Trinajstić information content (AvgIpc) is 3.20. The Hall–Kier alpha value is -2.69. The molecule has 3 aromatic rings. The van der Waals surface area contributed by atoms with E-state index in [9.17, 15) is 4.79 Å². The van der Waals surface area contributed by atoms with Crippen LogP contribution in [0.25, 0.3) is 10.8 Å². The van der Waals surface area contributed by atoms with Gasteiger partial charge >= 0.3 is 0 Å². The molecular weight excluding hydrogens is 326 g/mol. The molecular formula is C21H23N3O2. The Kier molecular flexibility index (Phi) is 4.69. The molecule has 1 aliphatic rings. The summed E-state index contributed by atoms with van der Waals surface area (Å²) in [5, 5.41) is 6.15. The molecule has 134 valence electrons. The third kappa shape index (κ3) is 3.47. The van der Waals surface area contributed by atoms with Gasteiger partial charge in [0.15, 0.2) is 0 Å². The maximum atomic E-state index is 12.4. The van der Waals surface area contributed by atoms with E-state index in [0.29, 0.717) is 18.8 Å². The van der Waals surface area contributed by atoms with Gasteiger partial charge in [0.1, 0.15) is 5.76 Å². The second-order valence-electron chi connectivity index (χ2n) is 7.04. The van der Waals surface area contributed by atoms with Crippen LogP contribution in [0.2, 0.25) is 0 Å². The Morgan fingerprint density at radius 3 is 2.88 bits per heavy atom. The van der Waals surface area contributed by atoms with Crippen molar-refractivity contribution < 1.29 is 9.32 Å². The van der Waals surface area contributed by atoms with Crippen LogP contribution in [0, 0.1) is 6.92 Å². The average molecular weight is 349 g/mol. The van der Waals surface area contributed by atoms with Crippen molar-refractivity contribution in [3.8, 4) is 0 Å². The van der Waals surface area contributed by atoms with Crippen LogP contribution < -0.4 is 0 Å². The zero-order chi connectivity index (χ0) is 17.9. The van der Waals surface area contributed by atoms with E-state index in [-0.39, 0.29) is 5.91 Å². The molecule has 0 N–H and O–H groups in total. The first-order valence-corrected chi connectivity index (χ1v) is 9.23. The molecule has 0 unspecified atom stereocenters. The van der Waals surface area contributed by atoms with Crippen molar-refractivity contribution in [1.29, 1.82) is 0 Å². The third-order valence-electron chi connectivity index (χ3n) is 5.35. The van der Waals surface area contributed by atoms with Crippen LogP contribution in [-0.2, 0) is 11.2 Å². The van der Waals surface area contributed by atoms with Crippen LogP contribution in [0.3, 0.4) is 0 Å². The predicted octanol–water partition coefficient (Wildman–Crippen LogP) is 3.87. The summed E-state index contributed by atoms with van der Waals surface area (Å²) < 4.78 is 5.06. The molecule has 3 heterocycles. The van der Waals surface area contributed by atoms with Crippen LogP contribution in [-0.4, -0.2) is 34.0 Å². The fraction of sp³-hybridized carbons (Fsp3) is 0.381. The molecule has 0 aliphatic carbocycles. The van der Waals surface area contributed by atoms with Gasteiger partial charge in [-0.05, 0) is 36.8 Å². The number of nitrogens with zero attached hydrogens (tertiary/aromatic N) is 3. The largest absolute Gasteiger partial charge is 0.361 e. The van der Waals surface area contributed by atoms with Crippen molar-refractivity contribution in [2.24, 2.45) is 0 Å². The summed E-state index contributed by atoms with van der Waals surface area (Å²) in [5.74, 6) is 1.39. The maximum Gasteiger partial charge on any atom is 0.223 e. The van der Waals surface area contributed by atoms with Gasteiger partial charge < -0.3 is 9.42 Å². The number of piperidine rings is 1. The Bertz CT molecular complexity index is 897. The van der Waals surface area contributed by atoms with E-state index in [1.807, 2.05) is 17.2 Å². The summed E-state index contributed by atoms with van der Waals surface area (Å²) >= 11 is 0. The third-order valence-corrected chi connectivity index (χ3v) is 5.35. The summed E-state index contributed by atoms with van der Waals surface area (Å²) in [4.78, 5) is 19.1. The number of aromatic nitrogens is 2. The van der Waals surface area contributed by atoms with Gasteiger partial charge in [0.25, 0.3) is 0 Å². The summed E-state index contributed by atoms with van der Waals surface area (Å²) in [6.45, 7) is 3.74. The fourth-order valence-electron chi connectivity index (χ4n) is 3.75. The van der Waals surface area contributed by atoms with Crippen molar-refractivity contribution in [2.45, 2.75) is 38.5 Å². The zero-order valence-corrected chi connectivity index (χ0v) is 15.0. The molecule has 1 aliphatic heterocycles. The number of likely N-dealkylation sites (tertiary alicyclic amines) is 1. The Labute approximate surface area is 153 Å². The molecule has 0 bridgehead atoms. The number of carbonyl (C=O) groups is 1. The summed E-state index contributed by atoms with van der Waals surface area (Å²) in [7, 11) is 0. The number of amides is 1. The van der Waals surface area contributed by atoms with Crippen molar-refractivity contribution >= 4 is 16.7 Å². The first-order chi connectivity index (χ1) is 12.7. The van der Waals surface area contributed by atoms with Gasteiger partial charge in [0.2, 0.25) is 5.91 Å². The molecule has 4 rings (SSSR count). The SMILES string of the molecule is Cc1cccc2cnc(C3CCN(C(=O)CCc4ccno4)CC3)cc12. The van der Waals surface area contributed by atoms with Crippen LogP contribution in [0.5, 0.6) is 0 Å². The second-order valence-corrected chi connectivity index (χ2v) is 7.04. The smallest absolute Gasteiger partial charge is 0.223 e. The van der Waals surface area contributed by atoms with Gasteiger partial charge in [-0.2, -0.15) is 0 Å². The zero-order valence-electron chi connectivity index (χ0n) is 15.0. The highest BCUT2D eigenvalue weighted by atomic mass is 16.5. The lowest BCUT2D eigenvalue weighted by Crippen LogP contribution is -2.38. The summed E-state index contributed by atoms with van der Waals surface area (Å²) in [6.07, 6.45) is 6.63. The molecule has 1 saturated heterocycles. The number of hydrogen-bond donors (Lipinski definition) is 0. The molecule has 1 aromatic carbocycles. The van der Waals surface area contributed by atoms with Gasteiger partial charge in [-0.3, -0.25) is 9.78 Å². The maximum absolute atomic E-state index is 12.4. The van der Waals surface area contributed by atoms with E-state index in [0.717, 1.165) is 37.4 Å². The number of fused-ring (bicyclic) bond motifs is 1. The van der Waals surface area contributed by atoms with Crippen LogP contribution in [0.4, 0.5) is 0 Å². The number of benzene rings is 1. The molecule has 0 radical (unpaired) electrons. The van der Waals surface area contributed by atoms with Crippen molar-refractivity contribution in [2.75, 3.05) is 13.1 Å². The fourth-order valence-corrected chi connectivity index (χ4v) is 3.75. The summed E-state index contributed by atoms with van der Waals surface area (Å²) in [6, 6.07) is 10.4. The molecule has 5 nitrogen and oxygen atoms in total. The molecule has 0 spiro atoms. The standard InChI is InChI=1S/C21H23N3O2/c1-15-3-2-4-17-14-22-20(13-19(15)17)16-8-11-24(12-9-16)21(25)6-5-18-7-10-23-26-18/h2-4,7,10,13-14,16H,5-6,8-9,11-12H2,1H3. The Morgan fingerprint density at radius 2 is 2.12 bits per heavy atom. The van der Waals surface area contributed by atoms with E-state index >= 15 is 0 Å². The molecule has 5 heteroatoms. The number of rotatable bonds is 4. The highest BCUT2D eigenvalue weighted by molar-refractivity contribution is 5.85. The molecule has 1 amide bonds. The minimum atomic E-state index is 0.196. The lowest BCUT2D eigenvalue weighted by atomic mass is 9.91. The van der Waals surface area contributed by atoms with E-state index < -0.39 is 0 Å². The van der Waals surface area contributed by atoms with Gasteiger partial charge in [-0.25, -0.2) is 0 Å². The lowest BCUT2D eigenvalue weighted by Gasteiger charge is -2.32. The Balaban J connectivity index is 1.37. The molecule has 1 fully saturated rings. The van der Waals surface area contributed by atoms with Gasteiger partial charge in [-0.15, -0.1) is 0 Å². The highest BCUT2D eigenvalue weighted by Gasteiger charge is 2.24. The minimum absolute atomic E-state index is 0.196. The van der Waals surface area contributed by atoms with Gasteiger partial charge in [0.05, 0.1) is 6.20 Å². The van der Waals surface area contributed by atoms with Crippen molar-refractivity contribution in [1.82, 2.24) is 15.0 Å². The molecule has 26 heavy (non-hydrogen) atoms. The van der Waals surface area contributed by atoms with E-state index in [1.54, 1.807) is 6.20 Å². The minimum Gasteiger partial charge on any atom is -0.361 e. The number of aryl methyl sites for hydroxylation is 2. The van der Waals surface area contributed by atoms with Crippen molar-refractivity contribution in [3.63, 3.8) is 0 Å². The normalized spacial score (nSPS) is 15.5. The first kappa shape index (κ1) is 16.8. The molecule has 2 aromatic heterocycles. The van der Waals surface area contributed by atoms with Crippen molar-refractivity contribution in [3.05, 3.63) is 59.7 Å². The molecule has 0 atom stereocenters. The van der Waals surface area contributed by atoms with E-state index in [2.05, 4.69) is 41.3 Å². The number of hydrogen-bond acceptors (Lipinski definition) is 4. The quantitative estimate of drug-likeness (QED) is 0.717. The highest BCUT2D eigenvalue weighted by Crippen LogP contribution is 2.29. The summed E-state index contributed by atoms with van der Waals surface area (Å²) in [5.41, 5.74) is 2.44. The Morgan fingerprint density at radius 1 is 1.27 bits per heavy atom.